The zero-order valence-corrected chi connectivity index (χ0v) is 3.77. The summed E-state index contributed by atoms with van der Waals surface area (Å²) in [7, 11) is 0. The summed E-state index contributed by atoms with van der Waals surface area (Å²) in [6.07, 6.45) is 2.21. The zero-order chi connectivity index (χ0) is 5.98. The van der Waals surface area contributed by atoms with Crippen LogP contribution in [0.15, 0.2) is 6.20 Å². The predicted octanol–water partition coefficient (Wildman–Crippen LogP) is -0.396. The number of rotatable bonds is 0. The molecule has 0 saturated heterocycles. The molecule has 1 aromatic rings. The van der Waals surface area contributed by atoms with Crippen molar-refractivity contribution in [2.75, 3.05) is 0 Å². The summed E-state index contributed by atoms with van der Waals surface area (Å²) in [5, 5.41) is 14.4. The molecule has 41 valence electrons. The van der Waals surface area contributed by atoms with Crippen LogP contribution in [0.5, 0.6) is 0 Å². The highest BCUT2D eigenvalue weighted by Crippen LogP contribution is 1.75. The van der Waals surface area contributed by atoms with E-state index < -0.39 is 6.09 Å². The second kappa shape index (κ2) is 1.61. The summed E-state index contributed by atoms with van der Waals surface area (Å²) in [4.78, 5) is 9.90. The molecule has 5 heteroatoms. The summed E-state index contributed by atoms with van der Waals surface area (Å²) in [6, 6.07) is 0. The van der Waals surface area contributed by atoms with Gasteiger partial charge in [0.1, 0.15) is 6.20 Å². The van der Waals surface area contributed by atoms with Crippen molar-refractivity contribution in [1.29, 1.82) is 0 Å². The Bertz CT molecular complexity index is 180. The minimum Gasteiger partial charge on any atom is -0.463 e. The van der Waals surface area contributed by atoms with E-state index in [1.165, 1.54) is 0 Å². The highest BCUT2D eigenvalue weighted by molar-refractivity contribution is 5.66. The first kappa shape index (κ1) is 4.76. The molecule has 0 amide bonds. The summed E-state index contributed by atoms with van der Waals surface area (Å²) >= 11 is 0. The van der Waals surface area contributed by atoms with E-state index in [0.717, 1.165) is 6.20 Å². The topological polar surface area (TPSA) is 68.0 Å². The van der Waals surface area contributed by atoms with Gasteiger partial charge in [-0.05, 0) is 0 Å². The molecule has 0 bridgehead atoms. The van der Waals surface area contributed by atoms with E-state index >= 15 is 0 Å². The lowest BCUT2D eigenvalue weighted by molar-refractivity contribution is 0.192. The molecule has 0 aliphatic carbocycles. The lowest BCUT2D eigenvalue weighted by Crippen LogP contribution is -2.07. The average molecular weight is 112 g/mol. The first-order valence-corrected chi connectivity index (χ1v) is 1.82. The molecule has 8 heavy (non-hydrogen) atoms. The molecule has 0 saturated carbocycles. The second-order valence-corrected chi connectivity index (χ2v) is 1.07. The van der Waals surface area contributed by atoms with Gasteiger partial charge in [0, 0.05) is 0 Å². The highest BCUT2D eigenvalue weighted by atomic mass is 16.4. The van der Waals surface area contributed by atoms with Crippen molar-refractivity contribution < 1.29 is 9.90 Å². The van der Waals surface area contributed by atoms with Gasteiger partial charge in [0.2, 0.25) is 0 Å². The van der Waals surface area contributed by atoms with Crippen molar-refractivity contribution in [2.45, 2.75) is 0 Å². The standard InChI is InChI=1S/C3H2N3O2/c7-3(8)6-2-1-4-5-6/h2H,(H,7,8). The molecule has 0 fully saturated rings. The van der Waals surface area contributed by atoms with Crippen molar-refractivity contribution in [2.24, 2.45) is 0 Å². The third-order valence-electron chi connectivity index (χ3n) is 0.575. The maximum absolute atomic E-state index is 9.90. The number of carboxylic acid groups (broad SMARTS) is 1. The van der Waals surface area contributed by atoms with Crippen molar-refractivity contribution >= 4 is 6.09 Å². The van der Waals surface area contributed by atoms with Crippen LogP contribution in [0.2, 0.25) is 0 Å². The molecule has 1 rings (SSSR count). The first-order chi connectivity index (χ1) is 3.80. The van der Waals surface area contributed by atoms with Crippen LogP contribution in [0.4, 0.5) is 4.79 Å². The average Bonchev–Trinajstić information content (AvgIpc) is 2.12. The van der Waals surface area contributed by atoms with E-state index in [1.807, 2.05) is 0 Å². The molecule has 0 aliphatic rings. The molecular formula is C3H2N3O2. The maximum atomic E-state index is 9.90. The Morgan fingerprint density at radius 1 is 1.88 bits per heavy atom. The molecule has 1 radical (unpaired) electrons. The Labute approximate surface area is 44.5 Å². The summed E-state index contributed by atoms with van der Waals surface area (Å²) < 4.78 is 0.667. The fourth-order valence-electron chi connectivity index (χ4n) is 0.274. The van der Waals surface area contributed by atoms with Gasteiger partial charge in [-0.2, -0.15) is 4.68 Å². The van der Waals surface area contributed by atoms with Gasteiger partial charge in [0.15, 0.2) is 0 Å². The third kappa shape index (κ3) is 0.651. The van der Waals surface area contributed by atoms with E-state index in [0.29, 0.717) is 4.68 Å². The Balaban J connectivity index is 2.93. The van der Waals surface area contributed by atoms with Crippen LogP contribution in [0.25, 0.3) is 0 Å². The lowest BCUT2D eigenvalue weighted by atomic mass is 10.9. The second-order valence-electron chi connectivity index (χ2n) is 1.07. The Morgan fingerprint density at radius 3 is 2.88 bits per heavy atom. The van der Waals surface area contributed by atoms with Gasteiger partial charge in [0.05, 0.1) is 6.20 Å². The molecule has 0 atom stereocenters. The number of carbonyl (C=O) groups is 1. The zero-order valence-electron chi connectivity index (χ0n) is 3.77. The van der Waals surface area contributed by atoms with Crippen molar-refractivity contribution in [3.8, 4) is 0 Å². The maximum Gasteiger partial charge on any atom is 0.433 e. The molecule has 0 spiro atoms. The number of aromatic nitrogens is 3. The van der Waals surface area contributed by atoms with Crippen LogP contribution in [-0.2, 0) is 0 Å². The smallest absolute Gasteiger partial charge is 0.433 e. The van der Waals surface area contributed by atoms with Gasteiger partial charge in [0.25, 0.3) is 0 Å². The summed E-state index contributed by atoms with van der Waals surface area (Å²) in [5.74, 6) is 0. The normalized spacial score (nSPS) is 9.00. The first-order valence-electron chi connectivity index (χ1n) is 1.82. The van der Waals surface area contributed by atoms with Crippen LogP contribution in [0.1, 0.15) is 0 Å². The summed E-state index contributed by atoms with van der Waals surface area (Å²) in [5.41, 5.74) is 0. The Hall–Kier alpha value is -1.39. The minimum absolute atomic E-state index is 0.667. The Morgan fingerprint density at radius 2 is 2.62 bits per heavy atom. The van der Waals surface area contributed by atoms with Gasteiger partial charge < -0.3 is 5.11 Å². The van der Waals surface area contributed by atoms with E-state index in [9.17, 15) is 4.79 Å². The molecular weight excluding hydrogens is 110 g/mol. The molecule has 1 aromatic heterocycles. The van der Waals surface area contributed by atoms with Crippen LogP contribution in [0.3, 0.4) is 0 Å². The third-order valence-corrected chi connectivity index (χ3v) is 0.575. The van der Waals surface area contributed by atoms with Gasteiger partial charge in [-0.3, -0.25) is 0 Å². The van der Waals surface area contributed by atoms with Gasteiger partial charge >= 0.3 is 6.09 Å². The van der Waals surface area contributed by atoms with Gasteiger partial charge in [-0.15, -0.1) is 5.10 Å². The van der Waals surface area contributed by atoms with Gasteiger partial charge in [-0.25, -0.2) is 4.79 Å². The number of hydrogen-bond acceptors (Lipinski definition) is 3. The highest BCUT2D eigenvalue weighted by Gasteiger charge is 1.96. The van der Waals surface area contributed by atoms with Crippen molar-refractivity contribution in [3.05, 3.63) is 12.4 Å². The molecule has 0 aromatic carbocycles. The molecule has 0 unspecified atom stereocenters. The van der Waals surface area contributed by atoms with Crippen LogP contribution < -0.4 is 0 Å². The SMILES string of the molecule is O=C(O)n1c[c]nn1. The van der Waals surface area contributed by atoms with Gasteiger partial charge in [-0.1, -0.05) is 5.21 Å². The summed E-state index contributed by atoms with van der Waals surface area (Å²) in [6.45, 7) is 0. The number of nitrogens with zero attached hydrogens (tertiary/aromatic N) is 3. The monoisotopic (exact) mass is 112 g/mol. The fourth-order valence-corrected chi connectivity index (χ4v) is 0.274. The molecule has 5 nitrogen and oxygen atoms in total. The quantitative estimate of drug-likeness (QED) is 0.496. The number of hydrogen-bond donors (Lipinski definition) is 1. The molecule has 1 N–H and O–H groups in total. The van der Waals surface area contributed by atoms with Crippen molar-refractivity contribution in [1.82, 2.24) is 15.0 Å². The van der Waals surface area contributed by atoms with Crippen LogP contribution in [-0.4, -0.2) is 26.2 Å². The van der Waals surface area contributed by atoms with Crippen LogP contribution in [0, 0.1) is 6.20 Å². The Kier molecular flexibility index (Phi) is 0.957. The van der Waals surface area contributed by atoms with E-state index in [1.54, 1.807) is 0 Å². The minimum atomic E-state index is -1.15. The van der Waals surface area contributed by atoms with Crippen molar-refractivity contribution in [3.63, 3.8) is 0 Å². The molecule has 0 aliphatic heterocycles. The van der Waals surface area contributed by atoms with E-state index in [2.05, 4.69) is 16.5 Å². The largest absolute Gasteiger partial charge is 0.463 e. The lowest BCUT2D eigenvalue weighted by Gasteiger charge is -1.82. The molecule has 1 heterocycles. The van der Waals surface area contributed by atoms with Crippen LogP contribution >= 0.6 is 0 Å². The fraction of sp³-hybridized carbons (Fsp3) is 0. The van der Waals surface area contributed by atoms with E-state index in [-0.39, 0.29) is 0 Å². The predicted molar refractivity (Wildman–Crippen MR) is 22.3 cm³/mol. The van der Waals surface area contributed by atoms with E-state index in [4.69, 9.17) is 5.11 Å².